The van der Waals surface area contributed by atoms with Crippen LogP contribution in [-0.2, 0) is 9.59 Å². The Balaban J connectivity index is 2.22. The van der Waals surface area contributed by atoms with Gasteiger partial charge in [0.2, 0.25) is 11.8 Å². The van der Waals surface area contributed by atoms with E-state index in [9.17, 15) is 14.0 Å². The zero-order valence-electron chi connectivity index (χ0n) is 11.9. The maximum absolute atomic E-state index is 13.8. The second-order valence-electron chi connectivity index (χ2n) is 5.73. The Labute approximate surface area is 118 Å². The molecule has 0 bridgehead atoms. The number of amides is 2. The number of hydrogen-bond acceptors (Lipinski definition) is 3. The molecule has 1 atom stereocenters. The summed E-state index contributed by atoms with van der Waals surface area (Å²) in [4.78, 5) is 25.4. The number of hydrogen-bond donors (Lipinski definition) is 1. The Kier molecular flexibility index (Phi) is 3.90. The summed E-state index contributed by atoms with van der Waals surface area (Å²) in [6.07, 6.45) is 0.208. The summed E-state index contributed by atoms with van der Waals surface area (Å²) in [5.41, 5.74) is -0.203. The third kappa shape index (κ3) is 2.58. The molecular formula is C15H19FN2O2. The van der Waals surface area contributed by atoms with Crippen molar-refractivity contribution < 1.29 is 14.0 Å². The fraction of sp³-hybridized carbons (Fsp3) is 0.467. The summed E-state index contributed by atoms with van der Waals surface area (Å²) in [6.45, 7) is 3.66. The van der Waals surface area contributed by atoms with Gasteiger partial charge in [0.25, 0.3) is 0 Å². The summed E-state index contributed by atoms with van der Waals surface area (Å²) in [6, 6.07) is 5.98. The molecule has 0 spiro atoms. The summed E-state index contributed by atoms with van der Waals surface area (Å²) in [7, 11) is 1.69. The van der Waals surface area contributed by atoms with Gasteiger partial charge in [-0.2, -0.15) is 0 Å². The maximum atomic E-state index is 13.8. The van der Waals surface area contributed by atoms with Crippen LogP contribution in [0.2, 0.25) is 0 Å². The van der Waals surface area contributed by atoms with Gasteiger partial charge in [-0.05, 0) is 13.1 Å². The standard InChI is InChI=1S/C15H19FN2O2/c1-15(2)8-13(19)18(14(15)20)9-12(17-3)10-6-4-5-7-11(10)16/h4-7,12,17H,8-9H2,1-3H3. The van der Waals surface area contributed by atoms with E-state index in [1.165, 1.54) is 11.0 Å². The summed E-state index contributed by atoms with van der Waals surface area (Å²) < 4.78 is 13.8. The number of likely N-dealkylation sites (tertiary alicyclic amines) is 1. The van der Waals surface area contributed by atoms with Crippen LogP contribution in [0.1, 0.15) is 31.9 Å². The fourth-order valence-corrected chi connectivity index (χ4v) is 2.50. The molecule has 1 saturated heterocycles. The van der Waals surface area contributed by atoms with Gasteiger partial charge >= 0.3 is 0 Å². The third-order valence-electron chi connectivity index (χ3n) is 3.71. The smallest absolute Gasteiger partial charge is 0.235 e. The van der Waals surface area contributed by atoms with Crippen LogP contribution < -0.4 is 5.32 Å². The van der Waals surface area contributed by atoms with E-state index in [2.05, 4.69) is 5.32 Å². The second-order valence-corrected chi connectivity index (χ2v) is 5.73. The minimum absolute atomic E-state index is 0.151. The number of benzene rings is 1. The van der Waals surface area contributed by atoms with Gasteiger partial charge in [0.05, 0.1) is 11.5 Å². The number of carbonyl (C=O) groups is 2. The minimum atomic E-state index is -0.662. The lowest BCUT2D eigenvalue weighted by Gasteiger charge is -2.24. The SMILES string of the molecule is CNC(CN1C(=O)CC(C)(C)C1=O)c1ccccc1F. The summed E-state index contributed by atoms with van der Waals surface area (Å²) in [5.74, 6) is -0.735. The lowest BCUT2D eigenvalue weighted by molar-refractivity contribution is -0.141. The van der Waals surface area contributed by atoms with Crippen LogP contribution in [0, 0.1) is 11.2 Å². The summed E-state index contributed by atoms with van der Waals surface area (Å²) >= 11 is 0. The highest BCUT2D eigenvalue weighted by atomic mass is 19.1. The van der Waals surface area contributed by atoms with Crippen molar-refractivity contribution in [2.45, 2.75) is 26.3 Å². The Morgan fingerprint density at radius 2 is 2.00 bits per heavy atom. The van der Waals surface area contributed by atoms with E-state index in [0.717, 1.165) is 0 Å². The Morgan fingerprint density at radius 1 is 1.35 bits per heavy atom. The highest BCUT2D eigenvalue weighted by Crippen LogP contribution is 2.33. The van der Waals surface area contributed by atoms with Crippen LogP contribution in [0.5, 0.6) is 0 Å². The average Bonchev–Trinajstić information content (AvgIpc) is 2.58. The van der Waals surface area contributed by atoms with Crippen LogP contribution in [0.3, 0.4) is 0 Å². The van der Waals surface area contributed by atoms with E-state index in [1.807, 2.05) is 0 Å². The molecule has 4 nitrogen and oxygen atoms in total. The lowest BCUT2D eigenvalue weighted by Crippen LogP contribution is -2.39. The van der Waals surface area contributed by atoms with Crippen LogP contribution >= 0.6 is 0 Å². The number of imide groups is 1. The van der Waals surface area contributed by atoms with Gasteiger partial charge in [-0.3, -0.25) is 14.5 Å². The molecule has 0 aromatic heterocycles. The van der Waals surface area contributed by atoms with Gasteiger partial charge in [0, 0.05) is 18.5 Å². The number of rotatable bonds is 4. The molecule has 1 N–H and O–H groups in total. The van der Waals surface area contributed by atoms with E-state index in [0.29, 0.717) is 5.56 Å². The fourth-order valence-electron chi connectivity index (χ4n) is 2.50. The Bertz CT molecular complexity index is 542. The van der Waals surface area contributed by atoms with Crippen LogP contribution in [0.25, 0.3) is 0 Å². The van der Waals surface area contributed by atoms with Crippen LogP contribution in [-0.4, -0.2) is 30.3 Å². The zero-order valence-corrected chi connectivity index (χ0v) is 11.9. The Morgan fingerprint density at radius 3 is 2.50 bits per heavy atom. The van der Waals surface area contributed by atoms with Crippen molar-refractivity contribution >= 4 is 11.8 Å². The van der Waals surface area contributed by atoms with Crippen molar-refractivity contribution in [2.24, 2.45) is 5.41 Å². The number of nitrogens with zero attached hydrogens (tertiary/aromatic N) is 1. The molecule has 0 aliphatic carbocycles. The molecule has 1 heterocycles. The highest BCUT2D eigenvalue weighted by molar-refractivity contribution is 6.05. The van der Waals surface area contributed by atoms with E-state index in [-0.39, 0.29) is 30.6 Å². The van der Waals surface area contributed by atoms with Crippen molar-refractivity contribution in [1.29, 1.82) is 0 Å². The molecule has 1 fully saturated rings. The van der Waals surface area contributed by atoms with E-state index in [1.54, 1.807) is 39.1 Å². The predicted molar refractivity (Wildman–Crippen MR) is 73.3 cm³/mol. The predicted octanol–water partition coefficient (Wildman–Crippen LogP) is 1.87. The number of halogens is 1. The van der Waals surface area contributed by atoms with E-state index in [4.69, 9.17) is 0 Å². The first kappa shape index (κ1) is 14.7. The molecule has 0 radical (unpaired) electrons. The third-order valence-corrected chi connectivity index (χ3v) is 3.71. The van der Waals surface area contributed by atoms with Crippen molar-refractivity contribution in [2.75, 3.05) is 13.6 Å². The molecule has 1 aromatic carbocycles. The molecule has 1 aliphatic heterocycles. The van der Waals surface area contributed by atoms with Crippen molar-refractivity contribution in [3.63, 3.8) is 0 Å². The molecule has 2 amide bonds. The molecular weight excluding hydrogens is 259 g/mol. The zero-order chi connectivity index (χ0) is 14.9. The first-order valence-electron chi connectivity index (χ1n) is 6.63. The second kappa shape index (κ2) is 5.32. The van der Waals surface area contributed by atoms with Gasteiger partial charge in [-0.1, -0.05) is 32.0 Å². The molecule has 20 heavy (non-hydrogen) atoms. The van der Waals surface area contributed by atoms with Gasteiger partial charge < -0.3 is 5.32 Å². The van der Waals surface area contributed by atoms with Gasteiger partial charge in [0.15, 0.2) is 0 Å². The van der Waals surface area contributed by atoms with Gasteiger partial charge in [0.1, 0.15) is 5.82 Å². The summed E-state index contributed by atoms with van der Waals surface area (Å²) in [5, 5.41) is 2.97. The van der Waals surface area contributed by atoms with E-state index < -0.39 is 11.5 Å². The molecule has 1 aliphatic rings. The normalized spacial score (nSPS) is 19.5. The van der Waals surface area contributed by atoms with Crippen LogP contribution in [0.15, 0.2) is 24.3 Å². The first-order chi connectivity index (χ1) is 9.36. The molecule has 0 saturated carbocycles. The minimum Gasteiger partial charge on any atom is -0.311 e. The van der Waals surface area contributed by atoms with Crippen molar-refractivity contribution in [3.8, 4) is 0 Å². The molecule has 1 aromatic rings. The quantitative estimate of drug-likeness (QED) is 0.855. The largest absolute Gasteiger partial charge is 0.311 e. The average molecular weight is 278 g/mol. The number of likely N-dealkylation sites (N-methyl/N-ethyl adjacent to an activating group) is 1. The monoisotopic (exact) mass is 278 g/mol. The number of carbonyl (C=O) groups excluding carboxylic acids is 2. The molecule has 108 valence electrons. The van der Waals surface area contributed by atoms with E-state index >= 15 is 0 Å². The van der Waals surface area contributed by atoms with Crippen molar-refractivity contribution in [1.82, 2.24) is 10.2 Å². The molecule has 1 unspecified atom stereocenters. The highest BCUT2D eigenvalue weighted by Gasteiger charge is 2.45. The number of nitrogens with one attached hydrogen (secondary N) is 1. The molecule has 5 heteroatoms. The first-order valence-corrected chi connectivity index (χ1v) is 6.63. The Hall–Kier alpha value is -1.75. The lowest BCUT2D eigenvalue weighted by atomic mass is 9.92. The van der Waals surface area contributed by atoms with Crippen molar-refractivity contribution in [3.05, 3.63) is 35.6 Å². The topological polar surface area (TPSA) is 49.4 Å². The van der Waals surface area contributed by atoms with Gasteiger partial charge in [-0.15, -0.1) is 0 Å². The van der Waals surface area contributed by atoms with Gasteiger partial charge in [-0.25, -0.2) is 4.39 Å². The maximum Gasteiger partial charge on any atom is 0.235 e. The van der Waals surface area contributed by atoms with Crippen LogP contribution in [0.4, 0.5) is 4.39 Å². The molecule has 2 rings (SSSR count).